The minimum atomic E-state index is 0.0589. The molecule has 1 aliphatic rings. The van der Waals surface area contributed by atoms with Gasteiger partial charge in [0.15, 0.2) is 5.96 Å². The van der Waals surface area contributed by atoms with E-state index < -0.39 is 0 Å². The summed E-state index contributed by atoms with van der Waals surface area (Å²) in [5.41, 5.74) is 4.96. The number of pyridine rings is 1. The standard InChI is InChI=1S/C22H31N5O/c1-16-8-9-19(17(2)13-16)20-15-27(11-12-28-20)22(23-3)25-14-18-7-6-10-24-21(18)26(4)5/h6-10,13,20H,11-12,14-15H2,1-5H3,(H,23,25). The second-order valence-electron chi connectivity index (χ2n) is 7.45. The number of hydrogen-bond donors (Lipinski definition) is 1. The number of guanidine groups is 1. The van der Waals surface area contributed by atoms with Crippen LogP contribution in [0, 0.1) is 13.8 Å². The van der Waals surface area contributed by atoms with Gasteiger partial charge in [0.1, 0.15) is 11.9 Å². The molecule has 1 fully saturated rings. The Labute approximate surface area is 168 Å². The van der Waals surface area contributed by atoms with E-state index in [4.69, 9.17) is 4.74 Å². The van der Waals surface area contributed by atoms with E-state index >= 15 is 0 Å². The zero-order valence-corrected chi connectivity index (χ0v) is 17.6. The third-order valence-corrected chi connectivity index (χ3v) is 5.08. The van der Waals surface area contributed by atoms with E-state index in [0.717, 1.165) is 30.4 Å². The lowest BCUT2D eigenvalue weighted by Gasteiger charge is -2.36. The summed E-state index contributed by atoms with van der Waals surface area (Å²) in [6.45, 7) is 7.26. The molecule has 1 N–H and O–H groups in total. The molecular weight excluding hydrogens is 350 g/mol. The van der Waals surface area contributed by atoms with Gasteiger partial charge in [-0.05, 0) is 31.0 Å². The lowest BCUT2D eigenvalue weighted by Crippen LogP contribution is -2.48. The Morgan fingerprint density at radius 1 is 1.32 bits per heavy atom. The van der Waals surface area contributed by atoms with Gasteiger partial charge in [-0.3, -0.25) is 4.99 Å². The van der Waals surface area contributed by atoms with Gasteiger partial charge < -0.3 is 19.9 Å². The number of aliphatic imine (C=N–C) groups is 1. The highest BCUT2D eigenvalue weighted by Crippen LogP contribution is 2.26. The average Bonchev–Trinajstić information content (AvgIpc) is 2.69. The van der Waals surface area contributed by atoms with E-state index in [1.54, 1.807) is 0 Å². The molecule has 0 aliphatic carbocycles. The van der Waals surface area contributed by atoms with Crippen LogP contribution in [0.3, 0.4) is 0 Å². The average molecular weight is 382 g/mol. The molecule has 1 aliphatic heterocycles. The van der Waals surface area contributed by atoms with E-state index in [2.05, 4.69) is 58.3 Å². The van der Waals surface area contributed by atoms with Gasteiger partial charge in [-0.1, -0.05) is 29.8 Å². The molecule has 3 rings (SSSR count). The molecule has 1 aromatic heterocycles. The Morgan fingerprint density at radius 2 is 2.14 bits per heavy atom. The molecular formula is C22H31N5O. The van der Waals surface area contributed by atoms with Crippen molar-refractivity contribution in [3.63, 3.8) is 0 Å². The van der Waals surface area contributed by atoms with E-state index in [9.17, 15) is 0 Å². The molecule has 1 saturated heterocycles. The number of morpholine rings is 1. The molecule has 0 amide bonds. The quantitative estimate of drug-likeness (QED) is 0.652. The fourth-order valence-electron chi connectivity index (χ4n) is 3.69. The molecule has 6 nitrogen and oxygen atoms in total. The molecule has 1 unspecified atom stereocenters. The van der Waals surface area contributed by atoms with Gasteiger partial charge in [0, 0.05) is 46.0 Å². The van der Waals surface area contributed by atoms with Crippen LogP contribution in [0.5, 0.6) is 0 Å². The Hall–Kier alpha value is -2.60. The first-order chi connectivity index (χ1) is 13.5. The highest BCUT2D eigenvalue weighted by atomic mass is 16.5. The maximum Gasteiger partial charge on any atom is 0.194 e. The van der Waals surface area contributed by atoms with E-state index in [1.165, 1.54) is 16.7 Å². The molecule has 6 heteroatoms. The highest BCUT2D eigenvalue weighted by molar-refractivity contribution is 5.80. The van der Waals surface area contributed by atoms with Gasteiger partial charge in [0.2, 0.25) is 0 Å². The number of ether oxygens (including phenoxy) is 1. The molecule has 150 valence electrons. The van der Waals surface area contributed by atoms with E-state index in [-0.39, 0.29) is 6.10 Å². The first-order valence-electron chi connectivity index (χ1n) is 9.75. The zero-order chi connectivity index (χ0) is 20.1. The molecule has 2 heterocycles. The predicted molar refractivity (Wildman–Crippen MR) is 115 cm³/mol. The van der Waals surface area contributed by atoms with Crippen molar-refractivity contribution >= 4 is 11.8 Å². The Bertz CT molecular complexity index is 833. The van der Waals surface area contributed by atoms with Crippen molar-refractivity contribution in [2.45, 2.75) is 26.5 Å². The number of aromatic nitrogens is 1. The van der Waals surface area contributed by atoms with Crippen molar-refractivity contribution in [1.29, 1.82) is 0 Å². The highest BCUT2D eigenvalue weighted by Gasteiger charge is 2.25. The maximum absolute atomic E-state index is 6.08. The van der Waals surface area contributed by atoms with Crippen LogP contribution in [0.25, 0.3) is 0 Å². The number of hydrogen-bond acceptors (Lipinski definition) is 4. The van der Waals surface area contributed by atoms with Crippen molar-refractivity contribution in [2.75, 3.05) is 45.7 Å². The molecule has 1 atom stereocenters. The molecule has 28 heavy (non-hydrogen) atoms. The molecule has 0 spiro atoms. The SMILES string of the molecule is CN=C(NCc1cccnc1N(C)C)N1CCOC(c2ccc(C)cc2C)C1. The van der Waals surface area contributed by atoms with E-state index in [0.29, 0.717) is 13.2 Å². The smallest absolute Gasteiger partial charge is 0.194 e. The topological polar surface area (TPSA) is 53.0 Å². The monoisotopic (exact) mass is 381 g/mol. The first-order valence-corrected chi connectivity index (χ1v) is 9.75. The van der Waals surface area contributed by atoms with Gasteiger partial charge in [-0.25, -0.2) is 4.98 Å². The fraction of sp³-hybridized carbons (Fsp3) is 0.455. The van der Waals surface area contributed by atoms with Crippen LogP contribution in [-0.2, 0) is 11.3 Å². The van der Waals surface area contributed by atoms with Crippen LogP contribution in [0.2, 0.25) is 0 Å². The van der Waals surface area contributed by atoms with Gasteiger partial charge in [0.05, 0.1) is 13.2 Å². The van der Waals surface area contributed by atoms with Crippen LogP contribution >= 0.6 is 0 Å². The molecule has 0 bridgehead atoms. The summed E-state index contributed by atoms with van der Waals surface area (Å²) in [5, 5.41) is 3.50. The predicted octanol–water partition coefficient (Wildman–Crippen LogP) is 2.91. The summed E-state index contributed by atoms with van der Waals surface area (Å²) < 4.78 is 6.08. The summed E-state index contributed by atoms with van der Waals surface area (Å²) >= 11 is 0. The normalized spacial score (nSPS) is 17.5. The van der Waals surface area contributed by atoms with Gasteiger partial charge in [-0.2, -0.15) is 0 Å². The summed E-state index contributed by atoms with van der Waals surface area (Å²) in [7, 11) is 5.86. The van der Waals surface area contributed by atoms with Crippen molar-refractivity contribution in [3.8, 4) is 0 Å². The van der Waals surface area contributed by atoms with E-state index in [1.807, 2.05) is 38.3 Å². The summed E-state index contributed by atoms with van der Waals surface area (Å²) in [6, 6.07) is 10.6. The van der Waals surface area contributed by atoms with Crippen molar-refractivity contribution in [2.24, 2.45) is 4.99 Å². The maximum atomic E-state index is 6.08. The van der Waals surface area contributed by atoms with Crippen LogP contribution in [-0.4, -0.2) is 56.7 Å². The lowest BCUT2D eigenvalue weighted by molar-refractivity contribution is -0.00834. The number of anilines is 1. The number of rotatable bonds is 4. The fourth-order valence-corrected chi connectivity index (χ4v) is 3.69. The number of benzene rings is 1. The third-order valence-electron chi connectivity index (χ3n) is 5.08. The molecule has 0 saturated carbocycles. The van der Waals surface area contributed by atoms with Crippen LogP contribution in [0.4, 0.5) is 5.82 Å². The molecule has 1 aromatic carbocycles. The van der Waals surface area contributed by atoms with Crippen LogP contribution < -0.4 is 10.2 Å². The largest absolute Gasteiger partial charge is 0.370 e. The second kappa shape index (κ2) is 9.06. The Kier molecular flexibility index (Phi) is 6.52. The summed E-state index contributed by atoms with van der Waals surface area (Å²) in [5.74, 6) is 1.87. The van der Waals surface area contributed by atoms with Crippen molar-refractivity contribution in [1.82, 2.24) is 15.2 Å². The molecule has 2 aromatic rings. The number of nitrogens with one attached hydrogen (secondary N) is 1. The summed E-state index contributed by atoms with van der Waals surface area (Å²) in [6.07, 6.45) is 1.88. The van der Waals surface area contributed by atoms with Gasteiger partial charge in [0.25, 0.3) is 0 Å². The van der Waals surface area contributed by atoms with Crippen LogP contribution in [0.1, 0.15) is 28.4 Å². The van der Waals surface area contributed by atoms with Crippen molar-refractivity contribution < 1.29 is 4.74 Å². The summed E-state index contributed by atoms with van der Waals surface area (Å²) in [4.78, 5) is 13.3. The first kappa shape index (κ1) is 20.1. The van der Waals surface area contributed by atoms with Gasteiger partial charge >= 0.3 is 0 Å². The zero-order valence-electron chi connectivity index (χ0n) is 17.6. The van der Waals surface area contributed by atoms with Crippen LogP contribution in [0.15, 0.2) is 41.5 Å². The van der Waals surface area contributed by atoms with Gasteiger partial charge in [-0.15, -0.1) is 0 Å². The lowest BCUT2D eigenvalue weighted by atomic mass is 10.00. The molecule has 0 radical (unpaired) electrons. The number of aryl methyl sites for hydroxylation is 2. The van der Waals surface area contributed by atoms with Crippen molar-refractivity contribution in [3.05, 3.63) is 58.8 Å². The minimum absolute atomic E-state index is 0.0589. The second-order valence-corrected chi connectivity index (χ2v) is 7.45. The Balaban J connectivity index is 1.69. The third kappa shape index (κ3) is 4.62. The minimum Gasteiger partial charge on any atom is -0.370 e. The number of nitrogens with zero attached hydrogens (tertiary/aromatic N) is 4. The Morgan fingerprint density at radius 3 is 2.86 bits per heavy atom.